The van der Waals surface area contributed by atoms with Gasteiger partial charge >= 0.3 is 0 Å². The Labute approximate surface area is 246 Å². The Balaban J connectivity index is 1.79. The average Bonchev–Trinajstić information content (AvgIpc) is 2.99. The lowest BCUT2D eigenvalue weighted by molar-refractivity contribution is -0.140. The molecule has 4 rings (SSSR count). The maximum atomic E-state index is 14.9. The number of nitrogens with zero attached hydrogens (tertiary/aromatic N) is 2. The van der Waals surface area contributed by atoms with Gasteiger partial charge in [-0.15, -0.1) is 0 Å². The summed E-state index contributed by atoms with van der Waals surface area (Å²) in [4.78, 5) is 29.2. The number of amides is 2. The highest BCUT2D eigenvalue weighted by Crippen LogP contribution is 2.25. The number of sulfonamides is 1. The summed E-state index contributed by atoms with van der Waals surface area (Å²) in [5, 5.41) is 2.88. The van der Waals surface area contributed by atoms with Gasteiger partial charge in [0.25, 0.3) is 10.0 Å². The summed E-state index contributed by atoms with van der Waals surface area (Å²) < 4.78 is 43.7. The quantitative estimate of drug-likeness (QED) is 0.247. The van der Waals surface area contributed by atoms with E-state index in [1.807, 2.05) is 44.2 Å². The van der Waals surface area contributed by atoms with E-state index in [1.165, 1.54) is 23.1 Å². The van der Waals surface area contributed by atoms with E-state index in [1.54, 1.807) is 66.7 Å². The highest BCUT2D eigenvalue weighted by Gasteiger charge is 2.35. The number of benzene rings is 4. The topological polar surface area (TPSA) is 86.8 Å². The molecule has 9 heteroatoms. The van der Waals surface area contributed by atoms with Gasteiger partial charge < -0.3 is 10.2 Å². The van der Waals surface area contributed by atoms with Crippen molar-refractivity contribution >= 4 is 27.5 Å². The summed E-state index contributed by atoms with van der Waals surface area (Å²) in [5.74, 6) is -1.60. The van der Waals surface area contributed by atoms with Crippen LogP contribution in [0.25, 0.3) is 0 Å². The Morgan fingerprint density at radius 3 is 1.93 bits per heavy atom. The molecule has 4 aromatic rings. The molecular weight excluding hydrogens is 553 g/mol. The van der Waals surface area contributed by atoms with Gasteiger partial charge in [-0.1, -0.05) is 84.9 Å². The first kappa shape index (κ1) is 30.5. The summed E-state index contributed by atoms with van der Waals surface area (Å²) in [6.07, 6.45) is 0.149. The number of hydrogen-bond donors (Lipinski definition) is 1. The summed E-state index contributed by atoms with van der Waals surface area (Å²) in [6.45, 7) is 2.78. The molecule has 2 amide bonds. The molecule has 1 atom stereocenters. The lowest BCUT2D eigenvalue weighted by atomic mass is 10.0. The molecule has 218 valence electrons. The van der Waals surface area contributed by atoms with Gasteiger partial charge in [0.1, 0.15) is 18.4 Å². The SMILES string of the molecule is CC(C)NC(=O)C(Cc1ccccc1)N(Cc1ccccc1F)C(=O)CN(c1ccccc1)S(=O)(=O)c1ccccc1. The van der Waals surface area contributed by atoms with Gasteiger partial charge in [0.15, 0.2) is 0 Å². The monoisotopic (exact) mass is 587 g/mol. The average molecular weight is 588 g/mol. The van der Waals surface area contributed by atoms with Gasteiger partial charge in [0.2, 0.25) is 11.8 Å². The number of hydrogen-bond acceptors (Lipinski definition) is 4. The van der Waals surface area contributed by atoms with Crippen molar-refractivity contribution < 1.29 is 22.4 Å². The minimum atomic E-state index is -4.18. The van der Waals surface area contributed by atoms with Gasteiger partial charge in [-0.2, -0.15) is 0 Å². The largest absolute Gasteiger partial charge is 0.352 e. The van der Waals surface area contributed by atoms with Crippen molar-refractivity contribution in [2.24, 2.45) is 0 Å². The van der Waals surface area contributed by atoms with E-state index in [0.717, 1.165) is 9.87 Å². The minimum absolute atomic E-state index is 0.0145. The van der Waals surface area contributed by atoms with Gasteiger partial charge in [-0.25, -0.2) is 12.8 Å². The fraction of sp³-hybridized carbons (Fsp3) is 0.212. The highest BCUT2D eigenvalue weighted by molar-refractivity contribution is 7.92. The summed E-state index contributed by atoms with van der Waals surface area (Å²) in [6, 6.07) is 30.1. The molecule has 0 bridgehead atoms. The van der Waals surface area contributed by atoms with Crippen molar-refractivity contribution in [1.82, 2.24) is 10.2 Å². The zero-order valence-corrected chi connectivity index (χ0v) is 24.4. The Morgan fingerprint density at radius 2 is 1.33 bits per heavy atom. The number of rotatable bonds is 12. The molecule has 0 aliphatic carbocycles. The second-order valence-corrected chi connectivity index (χ2v) is 12.0. The van der Waals surface area contributed by atoms with Crippen molar-refractivity contribution in [1.29, 1.82) is 0 Å². The Bertz CT molecular complexity index is 1580. The van der Waals surface area contributed by atoms with Crippen LogP contribution in [0.4, 0.5) is 10.1 Å². The molecule has 0 spiro atoms. The normalized spacial score (nSPS) is 12.0. The minimum Gasteiger partial charge on any atom is -0.352 e. The maximum absolute atomic E-state index is 14.9. The number of nitrogens with one attached hydrogen (secondary N) is 1. The first-order valence-electron chi connectivity index (χ1n) is 13.7. The van der Waals surface area contributed by atoms with Crippen LogP contribution in [0.2, 0.25) is 0 Å². The molecule has 0 heterocycles. The van der Waals surface area contributed by atoms with Crippen LogP contribution in [0, 0.1) is 5.82 Å². The van der Waals surface area contributed by atoms with Crippen LogP contribution >= 0.6 is 0 Å². The van der Waals surface area contributed by atoms with Crippen molar-refractivity contribution in [3.63, 3.8) is 0 Å². The zero-order valence-electron chi connectivity index (χ0n) is 23.6. The fourth-order valence-corrected chi connectivity index (χ4v) is 6.02. The number of carbonyl (C=O) groups is 2. The van der Waals surface area contributed by atoms with Gasteiger partial charge in [-0.05, 0) is 49.7 Å². The molecule has 4 aromatic carbocycles. The van der Waals surface area contributed by atoms with Crippen molar-refractivity contribution in [2.45, 2.75) is 43.8 Å². The van der Waals surface area contributed by atoms with Gasteiger partial charge in [-0.3, -0.25) is 13.9 Å². The summed E-state index contributed by atoms with van der Waals surface area (Å²) in [5.41, 5.74) is 1.29. The zero-order chi connectivity index (χ0) is 30.1. The van der Waals surface area contributed by atoms with Crippen LogP contribution in [-0.4, -0.2) is 43.8 Å². The van der Waals surface area contributed by atoms with E-state index in [9.17, 15) is 22.4 Å². The third-order valence-electron chi connectivity index (χ3n) is 6.65. The summed E-state index contributed by atoms with van der Waals surface area (Å²) >= 11 is 0. The molecule has 0 aliphatic heterocycles. The third-order valence-corrected chi connectivity index (χ3v) is 8.44. The van der Waals surface area contributed by atoms with Crippen molar-refractivity contribution in [3.05, 3.63) is 132 Å². The van der Waals surface area contributed by atoms with Gasteiger partial charge in [0, 0.05) is 24.6 Å². The Kier molecular flexibility index (Phi) is 10.1. The molecule has 42 heavy (non-hydrogen) atoms. The van der Waals surface area contributed by atoms with Crippen LogP contribution in [0.3, 0.4) is 0 Å². The molecule has 1 N–H and O–H groups in total. The smallest absolute Gasteiger partial charge is 0.264 e. The Morgan fingerprint density at radius 1 is 0.786 bits per heavy atom. The molecule has 0 aromatic heterocycles. The van der Waals surface area contributed by atoms with Crippen molar-refractivity contribution in [3.8, 4) is 0 Å². The van der Waals surface area contributed by atoms with Crippen LogP contribution in [0.1, 0.15) is 25.0 Å². The van der Waals surface area contributed by atoms with E-state index in [4.69, 9.17) is 0 Å². The number of anilines is 1. The Hall–Kier alpha value is -4.50. The van der Waals surface area contributed by atoms with E-state index >= 15 is 0 Å². The second kappa shape index (κ2) is 13.9. The molecule has 0 fully saturated rings. The van der Waals surface area contributed by atoms with Crippen LogP contribution in [-0.2, 0) is 32.6 Å². The lowest BCUT2D eigenvalue weighted by Gasteiger charge is -2.34. The number of para-hydroxylation sites is 1. The van der Waals surface area contributed by atoms with E-state index in [-0.39, 0.29) is 35.2 Å². The molecule has 7 nitrogen and oxygen atoms in total. The highest BCUT2D eigenvalue weighted by atomic mass is 32.2. The van der Waals surface area contributed by atoms with E-state index in [2.05, 4.69) is 5.32 Å². The molecule has 0 saturated carbocycles. The molecule has 0 radical (unpaired) electrons. The number of carbonyl (C=O) groups excluding carboxylic acids is 2. The predicted molar refractivity (Wildman–Crippen MR) is 162 cm³/mol. The predicted octanol–water partition coefficient (Wildman–Crippen LogP) is 5.19. The van der Waals surface area contributed by atoms with Gasteiger partial charge in [0.05, 0.1) is 10.6 Å². The molecule has 0 aliphatic rings. The van der Waals surface area contributed by atoms with Crippen LogP contribution < -0.4 is 9.62 Å². The summed E-state index contributed by atoms with van der Waals surface area (Å²) in [7, 11) is -4.18. The maximum Gasteiger partial charge on any atom is 0.264 e. The standard InChI is InChI=1S/C33H34FN3O4S/c1-25(2)35-33(39)31(22-26-14-6-3-7-15-26)36(23-27-16-12-13-21-30(27)34)32(38)24-37(28-17-8-4-9-18-28)42(40,41)29-19-10-5-11-20-29/h3-21,25,31H,22-24H2,1-2H3,(H,35,39). The number of halogens is 1. The third kappa shape index (κ3) is 7.61. The molecule has 1 unspecified atom stereocenters. The van der Waals surface area contributed by atoms with Crippen LogP contribution in [0.5, 0.6) is 0 Å². The molecular formula is C33H34FN3O4S. The van der Waals surface area contributed by atoms with Crippen molar-refractivity contribution in [2.75, 3.05) is 10.8 Å². The van der Waals surface area contributed by atoms with E-state index < -0.39 is 40.2 Å². The fourth-order valence-electron chi connectivity index (χ4n) is 4.59. The first-order chi connectivity index (χ1) is 20.2. The van der Waals surface area contributed by atoms with E-state index in [0.29, 0.717) is 0 Å². The lowest BCUT2D eigenvalue weighted by Crippen LogP contribution is -2.54. The van der Waals surface area contributed by atoms with Crippen LogP contribution in [0.15, 0.2) is 120 Å². The molecule has 0 saturated heterocycles. The first-order valence-corrected chi connectivity index (χ1v) is 15.1. The second-order valence-electron chi connectivity index (χ2n) is 10.1.